The first-order chi connectivity index (χ1) is 8.25. The van der Waals surface area contributed by atoms with Crippen LogP contribution in [0.3, 0.4) is 0 Å². The van der Waals surface area contributed by atoms with Gasteiger partial charge in [-0.3, -0.25) is 0 Å². The van der Waals surface area contributed by atoms with Crippen molar-refractivity contribution in [3.63, 3.8) is 0 Å². The third-order valence-electron chi connectivity index (χ3n) is 3.09. The highest BCUT2D eigenvalue weighted by molar-refractivity contribution is 7.15. The second-order valence-electron chi connectivity index (χ2n) is 4.30. The quantitative estimate of drug-likeness (QED) is 0.884. The third-order valence-corrected chi connectivity index (χ3v) is 4.44. The van der Waals surface area contributed by atoms with Gasteiger partial charge in [0.15, 0.2) is 0 Å². The first-order valence-corrected chi connectivity index (χ1v) is 6.50. The maximum absolute atomic E-state index is 13.7. The van der Waals surface area contributed by atoms with Crippen LogP contribution in [0.5, 0.6) is 0 Å². The molecule has 1 aromatic heterocycles. The molecule has 4 heteroatoms. The second kappa shape index (κ2) is 4.20. The molecule has 0 bridgehead atoms. The number of nitrogens with one attached hydrogen (secondary N) is 1. The number of nitrogens with zero attached hydrogens (tertiary/aromatic N) is 1. The van der Waals surface area contributed by atoms with Gasteiger partial charge in [-0.2, -0.15) is 0 Å². The lowest BCUT2D eigenvalue weighted by Gasteiger charge is -2.26. The number of thiazole rings is 1. The summed E-state index contributed by atoms with van der Waals surface area (Å²) in [6.45, 7) is 4.04. The Balaban J connectivity index is 2.01. The van der Waals surface area contributed by atoms with Crippen molar-refractivity contribution in [3.05, 3.63) is 40.7 Å². The fourth-order valence-corrected chi connectivity index (χ4v) is 3.20. The highest BCUT2D eigenvalue weighted by Gasteiger charge is 2.24. The van der Waals surface area contributed by atoms with Gasteiger partial charge in [-0.15, -0.1) is 11.3 Å². The minimum Gasteiger partial charge on any atom is -0.315 e. The zero-order valence-corrected chi connectivity index (χ0v) is 10.4. The molecule has 0 atom stereocenters. The molecule has 0 unspecified atom stereocenters. The molecule has 2 nitrogen and oxygen atoms in total. The van der Waals surface area contributed by atoms with Crippen molar-refractivity contribution in [2.45, 2.75) is 12.8 Å². The molecule has 1 fully saturated rings. The molecule has 88 valence electrons. The molecular weight excluding hydrogens is 235 g/mol. The smallest absolute Gasteiger partial charge is 0.133 e. The van der Waals surface area contributed by atoms with E-state index in [4.69, 9.17) is 0 Å². The Kier molecular flexibility index (Phi) is 2.68. The Hall–Kier alpha value is -1.26. The molecule has 2 heterocycles. The van der Waals surface area contributed by atoms with Gasteiger partial charge in [0.2, 0.25) is 0 Å². The van der Waals surface area contributed by atoms with Gasteiger partial charge in [0.25, 0.3) is 0 Å². The SMILES string of the molecule is Cc1nc(-c2ccccc2F)sc1C1CNC1. The average Bonchev–Trinajstić information content (AvgIpc) is 2.59. The van der Waals surface area contributed by atoms with Gasteiger partial charge in [0.05, 0.1) is 5.69 Å². The highest BCUT2D eigenvalue weighted by Crippen LogP contribution is 2.35. The summed E-state index contributed by atoms with van der Waals surface area (Å²) in [4.78, 5) is 5.79. The average molecular weight is 248 g/mol. The number of aromatic nitrogens is 1. The number of rotatable bonds is 2. The molecule has 17 heavy (non-hydrogen) atoms. The van der Waals surface area contributed by atoms with Crippen LogP contribution in [0.15, 0.2) is 24.3 Å². The van der Waals surface area contributed by atoms with Gasteiger partial charge in [0.1, 0.15) is 10.8 Å². The molecule has 1 aromatic carbocycles. The number of hydrogen-bond acceptors (Lipinski definition) is 3. The van der Waals surface area contributed by atoms with Crippen LogP contribution in [0.1, 0.15) is 16.5 Å². The number of aryl methyl sites for hydroxylation is 1. The Morgan fingerprint density at radius 3 is 2.76 bits per heavy atom. The fraction of sp³-hybridized carbons (Fsp3) is 0.308. The van der Waals surface area contributed by atoms with E-state index in [0.717, 1.165) is 23.8 Å². The van der Waals surface area contributed by atoms with Crippen LogP contribution in [0.2, 0.25) is 0 Å². The maximum atomic E-state index is 13.7. The molecule has 0 amide bonds. The summed E-state index contributed by atoms with van der Waals surface area (Å²) in [5, 5.41) is 4.05. The Bertz CT molecular complexity index is 546. The summed E-state index contributed by atoms with van der Waals surface area (Å²) >= 11 is 1.62. The molecule has 1 saturated heterocycles. The normalized spacial score (nSPS) is 15.9. The van der Waals surface area contributed by atoms with Crippen molar-refractivity contribution in [2.24, 2.45) is 0 Å². The van der Waals surface area contributed by atoms with Crippen LogP contribution >= 0.6 is 11.3 Å². The van der Waals surface area contributed by atoms with Crippen LogP contribution in [-0.4, -0.2) is 18.1 Å². The first-order valence-electron chi connectivity index (χ1n) is 5.68. The number of benzene rings is 1. The Morgan fingerprint density at radius 2 is 2.12 bits per heavy atom. The van der Waals surface area contributed by atoms with Crippen molar-refractivity contribution in [2.75, 3.05) is 13.1 Å². The number of halogens is 1. The Labute approximate surface area is 104 Å². The maximum Gasteiger partial charge on any atom is 0.133 e. The first kappa shape index (κ1) is 10.9. The van der Waals surface area contributed by atoms with Crippen LogP contribution in [0, 0.1) is 12.7 Å². The van der Waals surface area contributed by atoms with Crippen molar-refractivity contribution in [3.8, 4) is 10.6 Å². The predicted octanol–water partition coefficient (Wildman–Crippen LogP) is 2.94. The van der Waals surface area contributed by atoms with E-state index in [1.165, 1.54) is 10.9 Å². The molecule has 0 spiro atoms. The highest BCUT2D eigenvalue weighted by atomic mass is 32.1. The van der Waals surface area contributed by atoms with Crippen molar-refractivity contribution >= 4 is 11.3 Å². The summed E-state index contributed by atoms with van der Waals surface area (Å²) in [6.07, 6.45) is 0. The lowest BCUT2D eigenvalue weighted by Crippen LogP contribution is -2.39. The molecule has 2 aromatic rings. The topological polar surface area (TPSA) is 24.9 Å². The van der Waals surface area contributed by atoms with E-state index in [2.05, 4.69) is 10.3 Å². The van der Waals surface area contributed by atoms with Gasteiger partial charge in [-0.1, -0.05) is 12.1 Å². The summed E-state index contributed by atoms with van der Waals surface area (Å²) in [5.41, 5.74) is 1.65. The van der Waals surface area contributed by atoms with E-state index in [1.807, 2.05) is 13.0 Å². The van der Waals surface area contributed by atoms with E-state index in [-0.39, 0.29) is 5.82 Å². The molecular formula is C13H13FN2S. The van der Waals surface area contributed by atoms with E-state index in [1.54, 1.807) is 23.5 Å². The molecule has 0 aliphatic carbocycles. The number of hydrogen-bond donors (Lipinski definition) is 1. The van der Waals surface area contributed by atoms with Gasteiger partial charge in [0, 0.05) is 29.4 Å². The minimum atomic E-state index is -0.195. The van der Waals surface area contributed by atoms with Crippen LogP contribution in [-0.2, 0) is 0 Å². The molecule has 0 radical (unpaired) electrons. The summed E-state index contributed by atoms with van der Waals surface area (Å²) in [5.74, 6) is 0.368. The zero-order valence-electron chi connectivity index (χ0n) is 9.53. The van der Waals surface area contributed by atoms with Crippen molar-refractivity contribution < 1.29 is 4.39 Å². The van der Waals surface area contributed by atoms with Gasteiger partial charge in [-0.25, -0.2) is 9.37 Å². The van der Waals surface area contributed by atoms with Gasteiger partial charge in [-0.05, 0) is 19.1 Å². The van der Waals surface area contributed by atoms with E-state index >= 15 is 0 Å². The third kappa shape index (κ3) is 1.87. The molecule has 3 rings (SSSR count). The summed E-state index contributed by atoms with van der Waals surface area (Å²) in [6, 6.07) is 6.82. The lowest BCUT2D eigenvalue weighted by molar-refractivity contribution is 0.452. The monoisotopic (exact) mass is 248 g/mol. The second-order valence-corrected chi connectivity index (χ2v) is 5.33. The zero-order chi connectivity index (χ0) is 11.8. The standard InChI is InChI=1S/C13H13FN2S/c1-8-12(9-6-15-7-9)17-13(16-8)10-4-2-3-5-11(10)14/h2-5,9,15H,6-7H2,1H3. The van der Waals surface area contributed by atoms with Gasteiger partial charge < -0.3 is 5.32 Å². The van der Waals surface area contributed by atoms with E-state index in [0.29, 0.717) is 11.5 Å². The molecule has 1 aliphatic heterocycles. The van der Waals surface area contributed by atoms with Gasteiger partial charge >= 0.3 is 0 Å². The van der Waals surface area contributed by atoms with Crippen LogP contribution in [0.4, 0.5) is 4.39 Å². The van der Waals surface area contributed by atoms with Crippen LogP contribution < -0.4 is 5.32 Å². The Morgan fingerprint density at radius 1 is 1.35 bits per heavy atom. The molecule has 0 saturated carbocycles. The van der Waals surface area contributed by atoms with E-state index < -0.39 is 0 Å². The largest absolute Gasteiger partial charge is 0.315 e. The minimum absolute atomic E-state index is 0.195. The van der Waals surface area contributed by atoms with Crippen molar-refractivity contribution in [1.82, 2.24) is 10.3 Å². The van der Waals surface area contributed by atoms with Crippen LogP contribution in [0.25, 0.3) is 10.6 Å². The molecule has 1 N–H and O–H groups in total. The van der Waals surface area contributed by atoms with Crippen molar-refractivity contribution in [1.29, 1.82) is 0 Å². The summed E-state index contributed by atoms with van der Waals surface area (Å²) in [7, 11) is 0. The predicted molar refractivity (Wildman–Crippen MR) is 67.9 cm³/mol. The summed E-state index contributed by atoms with van der Waals surface area (Å²) < 4.78 is 13.7. The fourth-order valence-electron chi connectivity index (χ4n) is 2.01. The lowest BCUT2D eigenvalue weighted by atomic mass is 10.0. The van der Waals surface area contributed by atoms with E-state index in [9.17, 15) is 4.39 Å². The molecule has 1 aliphatic rings.